The van der Waals surface area contributed by atoms with Crippen LogP contribution in [0.1, 0.15) is 31.2 Å². The van der Waals surface area contributed by atoms with E-state index in [1.807, 2.05) is 12.1 Å². The summed E-state index contributed by atoms with van der Waals surface area (Å²) in [5, 5.41) is 0. The molecule has 2 aliphatic heterocycles. The Hall–Kier alpha value is -1.06. The molecular formula is C15H22N2O. The van der Waals surface area contributed by atoms with E-state index in [0.29, 0.717) is 18.1 Å². The predicted octanol–water partition coefficient (Wildman–Crippen LogP) is 2.15. The van der Waals surface area contributed by atoms with Crippen LogP contribution in [0.5, 0.6) is 5.75 Å². The van der Waals surface area contributed by atoms with Crippen LogP contribution in [0.15, 0.2) is 24.3 Å². The van der Waals surface area contributed by atoms with E-state index in [1.165, 1.54) is 18.4 Å². The molecule has 18 heavy (non-hydrogen) atoms. The second-order valence-corrected chi connectivity index (χ2v) is 5.60. The Morgan fingerprint density at radius 2 is 1.89 bits per heavy atom. The smallest absolute Gasteiger partial charge is 0.123 e. The topological polar surface area (TPSA) is 38.5 Å². The summed E-state index contributed by atoms with van der Waals surface area (Å²) in [6.07, 6.45) is 4.94. The molecule has 2 bridgehead atoms. The molecule has 2 unspecified atom stereocenters. The number of hydrogen-bond acceptors (Lipinski definition) is 3. The summed E-state index contributed by atoms with van der Waals surface area (Å²) in [5.41, 5.74) is 7.41. The molecule has 2 atom stereocenters. The van der Waals surface area contributed by atoms with Crippen molar-refractivity contribution in [3.63, 3.8) is 0 Å². The predicted molar refractivity (Wildman–Crippen MR) is 72.6 cm³/mol. The van der Waals surface area contributed by atoms with Crippen molar-refractivity contribution in [2.24, 2.45) is 5.73 Å². The fraction of sp³-hybridized carbons (Fsp3) is 0.600. The van der Waals surface area contributed by atoms with Crippen molar-refractivity contribution in [2.45, 2.75) is 50.4 Å². The normalized spacial score (nSPS) is 31.6. The number of hydrogen-bond donors (Lipinski definition) is 1. The minimum absolute atomic E-state index is 0.413. The fourth-order valence-corrected chi connectivity index (χ4v) is 3.60. The summed E-state index contributed by atoms with van der Waals surface area (Å²) < 4.78 is 5.45. The number of rotatable bonds is 3. The number of nitrogens with two attached hydrogens (primary N) is 1. The van der Waals surface area contributed by atoms with Crippen LogP contribution in [0.25, 0.3) is 0 Å². The van der Waals surface area contributed by atoms with Crippen LogP contribution in [0.2, 0.25) is 0 Å². The monoisotopic (exact) mass is 246 g/mol. The molecule has 2 aliphatic rings. The first-order valence-electron chi connectivity index (χ1n) is 6.91. The lowest BCUT2D eigenvalue weighted by Crippen LogP contribution is -2.46. The van der Waals surface area contributed by atoms with Crippen LogP contribution in [0.4, 0.5) is 0 Å². The minimum Gasteiger partial charge on any atom is -0.496 e. The van der Waals surface area contributed by atoms with Gasteiger partial charge < -0.3 is 10.5 Å². The molecule has 2 heterocycles. The third-order valence-corrected chi connectivity index (χ3v) is 4.47. The number of methoxy groups -OCH3 is 1. The molecule has 3 heteroatoms. The molecule has 98 valence electrons. The second-order valence-electron chi connectivity index (χ2n) is 5.60. The first kappa shape index (κ1) is 12.0. The molecule has 0 radical (unpaired) electrons. The van der Waals surface area contributed by atoms with Crippen LogP contribution < -0.4 is 10.5 Å². The van der Waals surface area contributed by atoms with Crippen LogP contribution in [0, 0.1) is 0 Å². The minimum atomic E-state index is 0.413. The molecule has 0 spiro atoms. The Bertz CT molecular complexity index is 407. The maximum Gasteiger partial charge on any atom is 0.123 e. The van der Waals surface area contributed by atoms with Gasteiger partial charge in [0.05, 0.1) is 7.11 Å². The van der Waals surface area contributed by atoms with Gasteiger partial charge in [0.2, 0.25) is 0 Å². The van der Waals surface area contributed by atoms with Crippen LogP contribution in [-0.2, 0) is 6.54 Å². The van der Waals surface area contributed by atoms with Crippen molar-refractivity contribution in [1.82, 2.24) is 4.90 Å². The van der Waals surface area contributed by atoms with Crippen molar-refractivity contribution in [2.75, 3.05) is 7.11 Å². The highest BCUT2D eigenvalue weighted by molar-refractivity contribution is 5.33. The van der Waals surface area contributed by atoms with Gasteiger partial charge in [-0.1, -0.05) is 18.2 Å². The van der Waals surface area contributed by atoms with Crippen molar-refractivity contribution >= 4 is 0 Å². The molecule has 2 N–H and O–H groups in total. The number of nitrogens with zero attached hydrogens (tertiary/aromatic N) is 1. The van der Waals surface area contributed by atoms with Crippen molar-refractivity contribution in [1.29, 1.82) is 0 Å². The van der Waals surface area contributed by atoms with E-state index < -0.39 is 0 Å². The highest BCUT2D eigenvalue weighted by atomic mass is 16.5. The lowest BCUT2D eigenvalue weighted by atomic mass is 9.97. The molecule has 2 fully saturated rings. The molecule has 0 aliphatic carbocycles. The van der Waals surface area contributed by atoms with Gasteiger partial charge in [-0.05, 0) is 31.7 Å². The fourth-order valence-electron chi connectivity index (χ4n) is 3.60. The van der Waals surface area contributed by atoms with Gasteiger partial charge >= 0.3 is 0 Å². The van der Waals surface area contributed by atoms with Gasteiger partial charge in [0.1, 0.15) is 5.75 Å². The zero-order valence-corrected chi connectivity index (χ0v) is 11.0. The Kier molecular flexibility index (Phi) is 3.27. The lowest BCUT2D eigenvalue weighted by Gasteiger charge is -2.37. The Labute approximate surface area is 109 Å². The molecule has 0 saturated carbocycles. The van der Waals surface area contributed by atoms with E-state index in [1.54, 1.807) is 7.11 Å². The number of para-hydroxylation sites is 1. The maximum atomic E-state index is 6.12. The van der Waals surface area contributed by atoms with Crippen molar-refractivity contribution < 1.29 is 4.74 Å². The number of benzene rings is 1. The number of piperidine rings is 1. The molecule has 1 aromatic rings. The zero-order chi connectivity index (χ0) is 12.5. The first-order valence-corrected chi connectivity index (χ1v) is 6.91. The molecule has 0 aromatic heterocycles. The van der Waals surface area contributed by atoms with Gasteiger partial charge in [0.25, 0.3) is 0 Å². The Morgan fingerprint density at radius 1 is 1.22 bits per heavy atom. The first-order chi connectivity index (χ1) is 8.78. The largest absolute Gasteiger partial charge is 0.496 e. The maximum absolute atomic E-state index is 6.12. The van der Waals surface area contributed by atoms with Gasteiger partial charge in [0, 0.05) is 30.2 Å². The second kappa shape index (κ2) is 4.90. The summed E-state index contributed by atoms with van der Waals surface area (Å²) in [7, 11) is 1.75. The summed E-state index contributed by atoms with van der Waals surface area (Å²) >= 11 is 0. The summed E-state index contributed by atoms with van der Waals surface area (Å²) in [6.45, 7) is 1.01. The van der Waals surface area contributed by atoms with E-state index in [-0.39, 0.29) is 0 Å². The molecule has 3 rings (SSSR count). The van der Waals surface area contributed by atoms with E-state index in [9.17, 15) is 0 Å². The quantitative estimate of drug-likeness (QED) is 0.888. The van der Waals surface area contributed by atoms with Gasteiger partial charge in [-0.15, -0.1) is 0 Å². The summed E-state index contributed by atoms with van der Waals surface area (Å²) in [6, 6.07) is 10.1. The molecular weight excluding hydrogens is 224 g/mol. The lowest BCUT2D eigenvalue weighted by molar-refractivity contribution is 0.119. The van der Waals surface area contributed by atoms with E-state index >= 15 is 0 Å². The third kappa shape index (κ3) is 2.13. The standard InChI is InChI=1S/C15H22N2O/c1-18-15-5-3-2-4-11(15)10-17-13-6-7-14(17)9-12(16)8-13/h2-5,12-14H,6-10,16H2,1H3. The van der Waals surface area contributed by atoms with Crippen LogP contribution in [-0.4, -0.2) is 30.1 Å². The molecule has 3 nitrogen and oxygen atoms in total. The molecule has 2 saturated heterocycles. The SMILES string of the molecule is COc1ccccc1CN1C2CCC1CC(N)C2. The highest BCUT2D eigenvalue weighted by Crippen LogP contribution is 2.37. The van der Waals surface area contributed by atoms with Gasteiger partial charge in [0.15, 0.2) is 0 Å². The Morgan fingerprint density at radius 3 is 2.56 bits per heavy atom. The van der Waals surface area contributed by atoms with Crippen LogP contribution >= 0.6 is 0 Å². The van der Waals surface area contributed by atoms with Gasteiger partial charge in [-0.25, -0.2) is 0 Å². The van der Waals surface area contributed by atoms with Crippen molar-refractivity contribution in [3.8, 4) is 5.75 Å². The highest BCUT2D eigenvalue weighted by Gasteiger charge is 2.39. The average molecular weight is 246 g/mol. The zero-order valence-electron chi connectivity index (χ0n) is 11.0. The molecule has 0 amide bonds. The van der Waals surface area contributed by atoms with Gasteiger partial charge in [-0.2, -0.15) is 0 Å². The third-order valence-electron chi connectivity index (χ3n) is 4.47. The van der Waals surface area contributed by atoms with E-state index in [2.05, 4.69) is 17.0 Å². The van der Waals surface area contributed by atoms with Gasteiger partial charge in [-0.3, -0.25) is 4.90 Å². The average Bonchev–Trinajstić information content (AvgIpc) is 2.62. The number of fused-ring (bicyclic) bond motifs is 2. The summed E-state index contributed by atoms with van der Waals surface area (Å²) in [5.74, 6) is 1.01. The van der Waals surface area contributed by atoms with Crippen molar-refractivity contribution in [3.05, 3.63) is 29.8 Å². The van der Waals surface area contributed by atoms with E-state index in [0.717, 1.165) is 25.1 Å². The van der Waals surface area contributed by atoms with E-state index in [4.69, 9.17) is 10.5 Å². The number of ether oxygens (including phenoxy) is 1. The Balaban J connectivity index is 1.77. The summed E-state index contributed by atoms with van der Waals surface area (Å²) in [4.78, 5) is 2.64. The van der Waals surface area contributed by atoms with Crippen LogP contribution in [0.3, 0.4) is 0 Å². The molecule has 1 aromatic carbocycles.